The normalized spacial score (nSPS) is 15.7. The van der Waals surface area contributed by atoms with Gasteiger partial charge >= 0.3 is 0 Å². The van der Waals surface area contributed by atoms with E-state index in [1.807, 2.05) is 0 Å². The maximum atomic E-state index is 5.39. The van der Waals surface area contributed by atoms with Crippen LogP contribution in [0.25, 0.3) is 5.57 Å². The first-order chi connectivity index (χ1) is 17.1. The van der Waals surface area contributed by atoms with Crippen molar-refractivity contribution < 1.29 is 4.74 Å². The van der Waals surface area contributed by atoms with Gasteiger partial charge in [-0.25, -0.2) is 0 Å². The molecule has 4 heteroatoms. The van der Waals surface area contributed by atoms with Gasteiger partial charge in [-0.05, 0) is 48.4 Å². The van der Waals surface area contributed by atoms with Gasteiger partial charge in [0.1, 0.15) is 5.75 Å². The molecule has 1 aliphatic rings. The van der Waals surface area contributed by atoms with Crippen LogP contribution >= 0.6 is 0 Å². The molecule has 1 aliphatic heterocycles. The van der Waals surface area contributed by atoms with Crippen molar-refractivity contribution in [2.45, 2.75) is 13.0 Å². The highest BCUT2D eigenvalue weighted by molar-refractivity contribution is 5.79. The van der Waals surface area contributed by atoms with Gasteiger partial charge in [-0.15, -0.1) is 0 Å². The Morgan fingerprint density at radius 3 is 1.97 bits per heavy atom. The van der Waals surface area contributed by atoms with Crippen molar-refractivity contribution in [1.82, 2.24) is 14.7 Å². The maximum Gasteiger partial charge on any atom is 0.118 e. The first-order valence-electron chi connectivity index (χ1n) is 12.7. The minimum absolute atomic E-state index is 0.303. The highest BCUT2D eigenvalue weighted by Crippen LogP contribution is 2.26. The Labute approximate surface area is 211 Å². The van der Waals surface area contributed by atoms with Gasteiger partial charge < -0.3 is 9.64 Å². The fourth-order valence-corrected chi connectivity index (χ4v) is 4.72. The SMILES string of the molecule is COc1ccc(C(C)N(CC=C(c2ccccc2)c2ccccc2)CCN2CCN(C)CC2)cc1. The molecule has 1 saturated heterocycles. The third-order valence-electron chi connectivity index (χ3n) is 7.14. The molecule has 0 spiro atoms. The van der Waals surface area contributed by atoms with Gasteiger partial charge in [0, 0.05) is 51.9 Å². The zero-order valence-corrected chi connectivity index (χ0v) is 21.4. The van der Waals surface area contributed by atoms with Crippen LogP contribution in [0.3, 0.4) is 0 Å². The number of hydrogen-bond donors (Lipinski definition) is 0. The Balaban J connectivity index is 1.57. The van der Waals surface area contributed by atoms with Crippen LogP contribution in [0.4, 0.5) is 0 Å². The van der Waals surface area contributed by atoms with E-state index < -0.39 is 0 Å². The summed E-state index contributed by atoms with van der Waals surface area (Å²) in [6.45, 7) is 9.94. The van der Waals surface area contributed by atoms with Crippen LogP contribution in [0.5, 0.6) is 5.75 Å². The summed E-state index contributed by atoms with van der Waals surface area (Å²) in [6, 6.07) is 30.3. The zero-order chi connectivity index (χ0) is 24.5. The smallest absolute Gasteiger partial charge is 0.118 e. The molecular weight excluding hydrogens is 430 g/mol. The molecule has 4 rings (SSSR count). The Morgan fingerprint density at radius 1 is 0.857 bits per heavy atom. The van der Waals surface area contributed by atoms with Crippen molar-refractivity contribution in [2.75, 3.05) is 60.0 Å². The molecule has 0 aromatic heterocycles. The molecule has 35 heavy (non-hydrogen) atoms. The molecule has 0 radical (unpaired) electrons. The average molecular weight is 470 g/mol. The molecule has 1 heterocycles. The summed E-state index contributed by atoms with van der Waals surface area (Å²) in [5.74, 6) is 0.903. The Hall–Kier alpha value is -2.92. The summed E-state index contributed by atoms with van der Waals surface area (Å²) in [4.78, 5) is 7.63. The monoisotopic (exact) mass is 469 g/mol. The molecule has 0 amide bonds. The summed E-state index contributed by atoms with van der Waals surface area (Å²) in [5, 5.41) is 0. The second-order valence-electron chi connectivity index (χ2n) is 9.44. The standard InChI is InChI=1S/C31H39N3O/c1-26(27-14-16-30(35-3)17-15-27)34(25-24-33-22-20-32(2)21-23-33)19-18-31(28-10-6-4-7-11-28)29-12-8-5-9-13-29/h4-18,26H,19-25H2,1-3H3. The molecule has 0 aliphatic carbocycles. The molecule has 3 aromatic carbocycles. The molecule has 3 aromatic rings. The van der Waals surface area contributed by atoms with Gasteiger partial charge in [-0.1, -0.05) is 78.9 Å². The fraction of sp³-hybridized carbons (Fsp3) is 0.355. The third kappa shape index (κ3) is 7.04. The molecule has 184 valence electrons. The molecule has 1 atom stereocenters. The maximum absolute atomic E-state index is 5.39. The van der Waals surface area contributed by atoms with Crippen LogP contribution in [0.2, 0.25) is 0 Å². The molecular formula is C31H39N3O. The fourth-order valence-electron chi connectivity index (χ4n) is 4.72. The number of piperazine rings is 1. The van der Waals surface area contributed by atoms with Crippen molar-refractivity contribution in [1.29, 1.82) is 0 Å². The molecule has 4 nitrogen and oxygen atoms in total. The van der Waals surface area contributed by atoms with E-state index in [1.165, 1.54) is 22.3 Å². The van der Waals surface area contributed by atoms with Crippen LogP contribution in [-0.2, 0) is 0 Å². The largest absolute Gasteiger partial charge is 0.497 e. The number of methoxy groups -OCH3 is 1. The number of hydrogen-bond acceptors (Lipinski definition) is 4. The number of nitrogens with zero attached hydrogens (tertiary/aromatic N) is 3. The summed E-state index contributed by atoms with van der Waals surface area (Å²) < 4.78 is 5.39. The number of rotatable bonds is 10. The topological polar surface area (TPSA) is 19.0 Å². The van der Waals surface area contributed by atoms with Crippen molar-refractivity contribution in [2.24, 2.45) is 0 Å². The van der Waals surface area contributed by atoms with E-state index in [9.17, 15) is 0 Å². The van der Waals surface area contributed by atoms with Crippen LogP contribution in [0.15, 0.2) is 91.0 Å². The summed E-state index contributed by atoms with van der Waals surface area (Å²) in [7, 11) is 3.94. The predicted octanol–water partition coefficient (Wildman–Crippen LogP) is 5.44. The van der Waals surface area contributed by atoms with E-state index in [2.05, 4.69) is 120 Å². The van der Waals surface area contributed by atoms with Crippen LogP contribution in [0.1, 0.15) is 29.7 Å². The van der Waals surface area contributed by atoms with Crippen LogP contribution in [-0.4, -0.2) is 74.7 Å². The van der Waals surface area contributed by atoms with Gasteiger partial charge in [0.05, 0.1) is 7.11 Å². The van der Waals surface area contributed by atoms with E-state index >= 15 is 0 Å². The van der Waals surface area contributed by atoms with Crippen LogP contribution < -0.4 is 4.74 Å². The highest BCUT2D eigenvalue weighted by atomic mass is 16.5. The molecule has 0 N–H and O–H groups in total. The number of ether oxygens (including phenoxy) is 1. The molecule has 1 unspecified atom stereocenters. The van der Waals surface area contributed by atoms with Crippen molar-refractivity contribution in [3.8, 4) is 5.75 Å². The Bertz CT molecular complexity index is 1000. The lowest BCUT2D eigenvalue weighted by Gasteiger charge is -2.35. The third-order valence-corrected chi connectivity index (χ3v) is 7.14. The minimum atomic E-state index is 0.303. The number of benzene rings is 3. The van der Waals surface area contributed by atoms with E-state index in [1.54, 1.807) is 7.11 Å². The quantitative estimate of drug-likeness (QED) is 0.394. The lowest BCUT2D eigenvalue weighted by atomic mass is 9.97. The first-order valence-corrected chi connectivity index (χ1v) is 12.7. The lowest BCUT2D eigenvalue weighted by Crippen LogP contribution is -2.47. The van der Waals surface area contributed by atoms with E-state index in [0.717, 1.165) is 51.6 Å². The van der Waals surface area contributed by atoms with Gasteiger partial charge in [0.15, 0.2) is 0 Å². The zero-order valence-electron chi connectivity index (χ0n) is 21.4. The summed E-state index contributed by atoms with van der Waals surface area (Å²) >= 11 is 0. The van der Waals surface area contributed by atoms with Gasteiger partial charge in [0.2, 0.25) is 0 Å². The summed E-state index contributed by atoms with van der Waals surface area (Å²) in [5.41, 5.74) is 5.13. The van der Waals surface area contributed by atoms with Gasteiger partial charge in [-0.3, -0.25) is 9.80 Å². The number of likely N-dealkylation sites (N-methyl/N-ethyl adjacent to an activating group) is 1. The van der Waals surface area contributed by atoms with Gasteiger partial charge in [0.25, 0.3) is 0 Å². The van der Waals surface area contributed by atoms with Crippen LogP contribution in [0, 0.1) is 0 Å². The molecule has 0 bridgehead atoms. The average Bonchev–Trinajstić information content (AvgIpc) is 2.92. The second-order valence-corrected chi connectivity index (χ2v) is 9.44. The minimum Gasteiger partial charge on any atom is -0.497 e. The first kappa shape index (κ1) is 25.2. The highest BCUT2D eigenvalue weighted by Gasteiger charge is 2.19. The van der Waals surface area contributed by atoms with E-state index in [4.69, 9.17) is 4.74 Å². The van der Waals surface area contributed by atoms with Crippen molar-refractivity contribution in [3.05, 3.63) is 108 Å². The molecule has 1 fully saturated rings. The van der Waals surface area contributed by atoms with Crippen molar-refractivity contribution in [3.63, 3.8) is 0 Å². The lowest BCUT2D eigenvalue weighted by molar-refractivity contribution is 0.127. The van der Waals surface area contributed by atoms with E-state index in [-0.39, 0.29) is 0 Å². The van der Waals surface area contributed by atoms with E-state index in [0.29, 0.717) is 6.04 Å². The molecule has 0 saturated carbocycles. The predicted molar refractivity (Wildman–Crippen MR) is 147 cm³/mol. The Morgan fingerprint density at radius 2 is 1.43 bits per heavy atom. The van der Waals surface area contributed by atoms with Gasteiger partial charge in [-0.2, -0.15) is 0 Å². The van der Waals surface area contributed by atoms with Crippen molar-refractivity contribution >= 4 is 5.57 Å². The Kier molecular flexibility index (Phi) is 9.13. The second kappa shape index (κ2) is 12.7. The summed E-state index contributed by atoms with van der Waals surface area (Å²) in [6.07, 6.45) is 2.41.